The van der Waals surface area contributed by atoms with Crippen LogP contribution in [0.4, 0.5) is 11.4 Å². The molecule has 0 N–H and O–H groups in total. The van der Waals surface area contributed by atoms with Crippen molar-refractivity contribution >= 4 is 33.2 Å². The Kier molecular flexibility index (Phi) is 9.31. The van der Waals surface area contributed by atoms with Crippen molar-refractivity contribution in [1.82, 2.24) is 19.8 Å². The van der Waals surface area contributed by atoms with Crippen LogP contribution in [0.5, 0.6) is 0 Å². The summed E-state index contributed by atoms with van der Waals surface area (Å²) in [5.41, 5.74) is 7.91. The summed E-state index contributed by atoms with van der Waals surface area (Å²) in [5.74, 6) is 0. The molecule has 35 heavy (non-hydrogen) atoms. The van der Waals surface area contributed by atoms with Gasteiger partial charge in [0.2, 0.25) is 0 Å². The van der Waals surface area contributed by atoms with Gasteiger partial charge in [-0.2, -0.15) is 0 Å². The molecular weight excluding hydrogens is 432 g/mol. The number of anilines is 2. The van der Waals surface area contributed by atoms with E-state index in [1.165, 1.54) is 27.7 Å². The van der Waals surface area contributed by atoms with Crippen LogP contribution < -0.4 is 9.80 Å². The zero-order chi connectivity index (χ0) is 25.7. The second-order valence-corrected chi connectivity index (χ2v) is 9.76. The van der Waals surface area contributed by atoms with Crippen LogP contribution in [0.2, 0.25) is 0 Å². The number of likely N-dealkylation sites (N-methyl/N-ethyl adjacent to an activating group) is 4. The number of aryl methyl sites for hydroxylation is 3. The summed E-state index contributed by atoms with van der Waals surface area (Å²) in [4.78, 5) is 19.7. The fraction of sp³-hybridized carbons (Fsp3) is 0.586. The molecule has 0 fully saturated rings. The third-order valence-corrected chi connectivity index (χ3v) is 7.44. The number of nitrogens with zero attached hydrogens (tertiary/aromatic N) is 6. The highest BCUT2D eigenvalue weighted by Crippen LogP contribution is 2.36. The lowest BCUT2D eigenvalue weighted by molar-refractivity contribution is 0.311. The zero-order valence-electron chi connectivity index (χ0n) is 23.6. The van der Waals surface area contributed by atoms with Gasteiger partial charge in [-0.05, 0) is 65.1 Å². The number of benzene rings is 1. The number of pyridine rings is 2. The van der Waals surface area contributed by atoms with E-state index in [9.17, 15) is 0 Å². The van der Waals surface area contributed by atoms with E-state index in [1.807, 2.05) is 0 Å². The van der Waals surface area contributed by atoms with Crippen LogP contribution in [0.1, 0.15) is 44.6 Å². The van der Waals surface area contributed by atoms with Crippen molar-refractivity contribution in [2.45, 2.75) is 48.5 Å². The maximum atomic E-state index is 4.98. The molecule has 0 aliphatic rings. The monoisotopic (exact) mass is 478 g/mol. The van der Waals surface area contributed by atoms with Crippen molar-refractivity contribution in [3.8, 4) is 0 Å². The molecule has 1 aromatic carbocycles. The predicted octanol–water partition coefficient (Wildman–Crippen LogP) is 5.26. The molecule has 6 heteroatoms. The summed E-state index contributed by atoms with van der Waals surface area (Å²) in [5, 5.41) is 2.43. The Balaban J connectivity index is 2.11. The maximum absolute atomic E-state index is 4.98. The van der Waals surface area contributed by atoms with E-state index >= 15 is 0 Å². The molecule has 2 aromatic heterocycles. The molecule has 0 unspecified atom stereocenters. The fourth-order valence-electron chi connectivity index (χ4n) is 4.98. The van der Waals surface area contributed by atoms with Crippen molar-refractivity contribution in [1.29, 1.82) is 0 Å². The molecule has 0 saturated heterocycles. The number of hydrogen-bond acceptors (Lipinski definition) is 6. The van der Waals surface area contributed by atoms with Crippen molar-refractivity contribution < 1.29 is 0 Å². The van der Waals surface area contributed by atoms with E-state index in [0.717, 1.165) is 74.8 Å². The average molecular weight is 479 g/mol. The molecule has 0 aliphatic carbocycles. The summed E-state index contributed by atoms with van der Waals surface area (Å²) in [6.45, 7) is 23.7. The molecule has 0 aliphatic heterocycles. The fourth-order valence-corrected chi connectivity index (χ4v) is 4.98. The lowest BCUT2D eigenvalue weighted by atomic mass is 10.0. The molecule has 0 radical (unpaired) electrons. The van der Waals surface area contributed by atoms with Gasteiger partial charge in [0, 0.05) is 79.4 Å². The first kappa shape index (κ1) is 27.2. The molecule has 6 nitrogen and oxygen atoms in total. The van der Waals surface area contributed by atoms with E-state index in [0.29, 0.717) is 0 Å². The smallest absolute Gasteiger partial charge is 0.0777 e. The topological polar surface area (TPSA) is 38.7 Å². The molecule has 0 spiro atoms. The van der Waals surface area contributed by atoms with Gasteiger partial charge in [0.25, 0.3) is 0 Å². The average Bonchev–Trinajstić information content (AvgIpc) is 2.85. The van der Waals surface area contributed by atoms with Crippen LogP contribution in [0, 0.1) is 20.8 Å². The highest BCUT2D eigenvalue weighted by atomic mass is 15.2. The lowest BCUT2D eigenvalue weighted by Gasteiger charge is -2.27. The maximum Gasteiger partial charge on any atom is 0.0777 e. The molecular formula is C29H46N6. The molecule has 192 valence electrons. The SMILES string of the molecule is CCN(CC)CCN(C)c1cc(C)nc2c(C)c3nc(C)cc(N(C)CCN(CC)CC)c3cc12. The van der Waals surface area contributed by atoms with Crippen LogP contribution >= 0.6 is 0 Å². The van der Waals surface area contributed by atoms with E-state index < -0.39 is 0 Å². The molecule has 0 bridgehead atoms. The normalized spacial score (nSPS) is 11.9. The van der Waals surface area contributed by atoms with Gasteiger partial charge in [-0.3, -0.25) is 9.97 Å². The van der Waals surface area contributed by atoms with Crippen molar-refractivity contribution in [2.24, 2.45) is 0 Å². The van der Waals surface area contributed by atoms with Crippen molar-refractivity contribution in [2.75, 3.05) is 76.3 Å². The Morgan fingerprint density at radius 3 is 1.29 bits per heavy atom. The molecule has 3 rings (SSSR count). The zero-order valence-corrected chi connectivity index (χ0v) is 23.6. The number of fused-ring (bicyclic) bond motifs is 2. The summed E-state index contributed by atoms with van der Waals surface area (Å²) in [6.07, 6.45) is 0. The quantitative estimate of drug-likeness (QED) is 0.331. The summed E-state index contributed by atoms with van der Waals surface area (Å²) in [7, 11) is 4.42. The van der Waals surface area contributed by atoms with Gasteiger partial charge in [0.15, 0.2) is 0 Å². The molecule has 0 saturated carbocycles. The highest BCUT2D eigenvalue weighted by molar-refractivity contribution is 6.08. The molecule has 2 heterocycles. The second-order valence-electron chi connectivity index (χ2n) is 9.76. The van der Waals surface area contributed by atoms with Gasteiger partial charge in [-0.1, -0.05) is 27.7 Å². The Labute approximate surface area is 212 Å². The van der Waals surface area contributed by atoms with Gasteiger partial charge in [-0.25, -0.2) is 0 Å². The largest absolute Gasteiger partial charge is 0.373 e. The lowest BCUT2D eigenvalue weighted by Crippen LogP contribution is -2.33. The summed E-state index contributed by atoms with van der Waals surface area (Å²) in [6, 6.07) is 6.81. The van der Waals surface area contributed by atoms with Gasteiger partial charge >= 0.3 is 0 Å². The van der Waals surface area contributed by atoms with Crippen LogP contribution in [0.25, 0.3) is 21.8 Å². The highest BCUT2D eigenvalue weighted by Gasteiger charge is 2.18. The predicted molar refractivity (Wildman–Crippen MR) is 153 cm³/mol. The summed E-state index contributed by atoms with van der Waals surface area (Å²) < 4.78 is 0. The molecule has 3 aromatic rings. The Bertz CT molecular complexity index is 1050. The van der Waals surface area contributed by atoms with Gasteiger partial charge < -0.3 is 19.6 Å². The Morgan fingerprint density at radius 2 is 0.943 bits per heavy atom. The standard InChI is InChI=1S/C29H46N6/c1-10-34(11-2)16-14-32(8)26-18-21(5)30-28-23(7)29-25(20-24(26)28)27(19-22(6)31-29)33(9)15-17-35(12-3)13-4/h18-20H,10-17H2,1-9H3. The van der Waals surface area contributed by atoms with E-state index in [-0.39, 0.29) is 0 Å². The van der Waals surface area contributed by atoms with Crippen molar-refractivity contribution in [3.63, 3.8) is 0 Å². The third kappa shape index (κ3) is 6.04. The molecule has 0 atom stereocenters. The minimum Gasteiger partial charge on any atom is -0.373 e. The van der Waals surface area contributed by atoms with Gasteiger partial charge in [-0.15, -0.1) is 0 Å². The third-order valence-electron chi connectivity index (χ3n) is 7.44. The number of rotatable bonds is 12. The van der Waals surface area contributed by atoms with Crippen LogP contribution in [0.3, 0.4) is 0 Å². The first-order valence-electron chi connectivity index (χ1n) is 13.3. The van der Waals surface area contributed by atoms with Gasteiger partial charge in [0.05, 0.1) is 11.0 Å². The summed E-state index contributed by atoms with van der Waals surface area (Å²) >= 11 is 0. The van der Waals surface area contributed by atoms with Crippen molar-refractivity contribution in [3.05, 3.63) is 35.2 Å². The first-order chi connectivity index (χ1) is 16.7. The van der Waals surface area contributed by atoms with Gasteiger partial charge in [0.1, 0.15) is 0 Å². The number of hydrogen-bond donors (Lipinski definition) is 0. The Hall–Kier alpha value is -2.44. The van der Waals surface area contributed by atoms with E-state index in [1.54, 1.807) is 0 Å². The van der Waals surface area contributed by atoms with Crippen LogP contribution in [0.15, 0.2) is 18.2 Å². The van der Waals surface area contributed by atoms with Crippen LogP contribution in [-0.4, -0.2) is 86.2 Å². The number of aromatic nitrogens is 2. The minimum atomic E-state index is 0.986. The van der Waals surface area contributed by atoms with E-state index in [4.69, 9.17) is 9.97 Å². The second kappa shape index (κ2) is 12.0. The molecule has 0 amide bonds. The van der Waals surface area contributed by atoms with Crippen LogP contribution in [-0.2, 0) is 0 Å². The van der Waals surface area contributed by atoms with E-state index in [2.05, 4.69) is 100 Å². The first-order valence-corrected chi connectivity index (χ1v) is 13.3. The minimum absolute atomic E-state index is 0.986. The Morgan fingerprint density at radius 1 is 0.571 bits per heavy atom.